The summed E-state index contributed by atoms with van der Waals surface area (Å²) in [5.74, 6) is 1.46. The molecule has 4 heteroatoms. The second-order valence-corrected chi connectivity index (χ2v) is 4.75. The minimum absolute atomic E-state index is 0.0693. The van der Waals surface area contributed by atoms with Crippen molar-refractivity contribution in [1.29, 1.82) is 0 Å². The predicted octanol–water partition coefficient (Wildman–Crippen LogP) is 1.95. The number of anilines is 1. The SMILES string of the molecule is CCC1CC1NC(=O)CCOc1cccc(N)c1. The first kappa shape index (κ1) is 12.7. The molecule has 98 valence electrons. The zero-order chi connectivity index (χ0) is 13.0. The Hall–Kier alpha value is -1.71. The summed E-state index contributed by atoms with van der Waals surface area (Å²) in [7, 11) is 0. The minimum Gasteiger partial charge on any atom is -0.493 e. The van der Waals surface area contributed by atoms with Crippen molar-refractivity contribution in [1.82, 2.24) is 5.32 Å². The molecule has 0 heterocycles. The molecule has 3 N–H and O–H groups in total. The number of hydrogen-bond acceptors (Lipinski definition) is 3. The van der Waals surface area contributed by atoms with Crippen molar-refractivity contribution in [3.8, 4) is 5.75 Å². The Morgan fingerprint density at radius 1 is 1.56 bits per heavy atom. The number of nitrogen functional groups attached to an aromatic ring is 1. The van der Waals surface area contributed by atoms with Crippen molar-refractivity contribution in [2.24, 2.45) is 5.92 Å². The van der Waals surface area contributed by atoms with Gasteiger partial charge in [-0.15, -0.1) is 0 Å². The van der Waals surface area contributed by atoms with Crippen LogP contribution in [0.1, 0.15) is 26.2 Å². The molecule has 0 radical (unpaired) electrons. The monoisotopic (exact) mass is 248 g/mol. The van der Waals surface area contributed by atoms with Gasteiger partial charge in [0.1, 0.15) is 5.75 Å². The lowest BCUT2D eigenvalue weighted by molar-refractivity contribution is -0.121. The van der Waals surface area contributed by atoms with E-state index in [1.54, 1.807) is 12.1 Å². The van der Waals surface area contributed by atoms with Crippen LogP contribution in [0.15, 0.2) is 24.3 Å². The molecule has 0 aliphatic heterocycles. The maximum atomic E-state index is 11.6. The number of amides is 1. The maximum Gasteiger partial charge on any atom is 0.223 e. The molecular formula is C14H20N2O2. The van der Waals surface area contributed by atoms with Crippen LogP contribution in [0.4, 0.5) is 5.69 Å². The summed E-state index contributed by atoms with van der Waals surface area (Å²) in [4.78, 5) is 11.6. The molecule has 1 amide bonds. The van der Waals surface area contributed by atoms with Gasteiger partial charge in [-0.2, -0.15) is 0 Å². The summed E-state index contributed by atoms with van der Waals surface area (Å²) in [6, 6.07) is 7.63. The van der Waals surface area contributed by atoms with Crippen LogP contribution in [-0.2, 0) is 4.79 Å². The first-order valence-corrected chi connectivity index (χ1v) is 6.46. The summed E-state index contributed by atoms with van der Waals surface area (Å²) < 4.78 is 5.47. The van der Waals surface area contributed by atoms with E-state index in [1.165, 1.54) is 0 Å². The molecule has 2 unspecified atom stereocenters. The fourth-order valence-electron chi connectivity index (χ4n) is 2.02. The van der Waals surface area contributed by atoms with Gasteiger partial charge in [-0.25, -0.2) is 0 Å². The lowest BCUT2D eigenvalue weighted by Crippen LogP contribution is -2.28. The zero-order valence-electron chi connectivity index (χ0n) is 10.7. The summed E-state index contributed by atoms with van der Waals surface area (Å²) in [5, 5.41) is 3.01. The van der Waals surface area contributed by atoms with Crippen molar-refractivity contribution < 1.29 is 9.53 Å². The molecule has 0 aromatic heterocycles. The smallest absolute Gasteiger partial charge is 0.223 e. The van der Waals surface area contributed by atoms with Crippen LogP contribution in [0, 0.1) is 5.92 Å². The van der Waals surface area contributed by atoms with Crippen molar-refractivity contribution in [3.05, 3.63) is 24.3 Å². The average Bonchev–Trinajstić information content (AvgIpc) is 3.07. The summed E-state index contributed by atoms with van der Waals surface area (Å²) >= 11 is 0. The third-order valence-electron chi connectivity index (χ3n) is 3.25. The number of benzene rings is 1. The molecule has 1 aliphatic carbocycles. The van der Waals surface area contributed by atoms with E-state index in [2.05, 4.69) is 12.2 Å². The largest absolute Gasteiger partial charge is 0.493 e. The normalized spacial score (nSPS) is 21.4. The van der Waals surface area contributed by atoms with E-state index in [0.717, 1.165) is 12.8 Å². The van der Waals surface area contributed by atoms with Crippen LogP contribution < -0.4 is 15.8 Å². The standard InChI is InChI=1S/C14H20N2O2/c1-2-10-8-13(10)16-14(17)6-7-18-12-5-3-4-11(15)9-12/h3-5,9-10,13H,2,6-8,15H2,1H3,(H,16,17). The van der Waals surface area contributed by atoms with Crippen LogP contribution in [0.3, 0.4) is 0 Å². The third kappa shape index (κ3) is 3.65. The second kappa shape index (κ2) is 5.76. The Balaban J connectivity index is 1.65. The lowest BCUT2D eigenvalue weighted by Gasteiger charge is -2.07. The maximum absolute atomic E-state index is 11.6. The van der Waals surface area contributed by atoms with Gasteiger partial charge in [-0.05, 0) is 24.5 Å². The number of hydrogen-bond donors (Lipinski definition) is 2. The fourth-order valence-corrected chi connectivity index (χ4v) is 2.02. The van der Waals surface area contributed by atoms with Gasteiger partial charge in [0.05, 0.1) is 13.0 Å². The Morgan fingerprint density at radius 2 is 2.39 bits per heavy atom. The van der Waals surface area contributed by atoms with Gasteiger partial charge in [0.15, 0.2) is 0 Å². The minimum atomic E-state index is 0.0693. The Morgan fingerprint density at radius 3 is 3.06 bits per heavy atom. The van der Waals surface area contributed by atoms with Gasteiger partial charge in [0, 0.05) is 17.8 Å². The number of rotatable bonds is 6. The van der Waals surface area contributed by atoms with Gasteiger partial charge in [-0.1, -0.05) is 19.4 Å². The van der Waals surface area contributed by atoms with Gasteiger partial charge >= 0.3 is 0 Å². The van der Waals surface area contributed by atoms with Crippen molar-refractivity contribution in [3.63, 3.8) is 0 Å². The highest BCUT2D eigenvalue weighted by Gasteiger charge is 2.36. The molecule has 0 saturated heterocycles. The van der Waals surface area contributed by atoms with Crippen molar-refractivity contribution in [2.45, 2.75) is 32.2 Å². The van der Waals surface area contributed by atoms with E-state index >= 15 is 0 Å². The van der Waals surface area contributed by atoms with Gasteiger partial charge in [0.25, 0.3) is 0 Å². The quantitative estimate of drug-likeness (QED) is 0.756. The van der Waals surface area contributed by atoms with E-state index in [0.29, 0.717) is 36.4 Å². The van der Waals surface area contributed by atoms with E-state index < -0.39 is 0 Å². The molecule has 1 aliphatic rings. The Kier molecular flexibility index (Phi) is 4.07. The number of nitrogens with one attached hydrogen (secondary N) is 1. The van der Waals surface area contributed by atoms with E-state index in [9.17, 15) is 4.79 Å². The highest BCUT2D eigenvalue weighted by Crippen LogP contribution is 2.33. The fraction of sp³-hybridized carbons (Fsp3) is 0.500. The second-order valence-electron chi connectivity index (χ2n) is 4.75. The van der Waals surface area contributed by atoms with E-state index in [4.69, 9.17) is 10.5 Å². The number of carbonyl (C=O) groups excluding carboxylic acids is 1. The summed E-state index contributed by atoms with van der Waals surface area (Å²) in [6.45, 7) is 2.54. The van der Waals surface area contributed by atoms with E-state index in [1.807, 2.05) is 12.1 Å². The van der Waals surface area contributed by atoms with E-state index in [-0.39, 0.29) is 5.91 Å². The predicted molar refractivity (Wildman–Crippen MR) is 71.3 cm³/mol. The average molecular weight is 248 g/mol. The molecule has 2 rings (SSSR count). The van der Waals surface area contributed by atoms with Crippen LogP contribution in [0.5, 0.6) is 5.75 Å². The summed E-state index contributed by atoms with van der Waals surface area (Å²) in [5.41, 5.74) is 6.30. The molecular weight excluding hydrogens is 228 g/mol. The molecule has 4 nitrogen and oxygen atoms in total. The number of ether oxygens (including phenoxy) is 1. The van der Waals surface area contributed by atoms with Crippen LogP contribution >= 0.6 is 0 Å². The summed E-state index contributed by atoms with van der Waals surface area (Å²) in [6.07, 6.45) is 2.66. The third-order valence-corrected chi connectivity index (χ3v) is 3.25. The molecule has 2 atom stereocenters. The van der Waals surface area contributed by atoms with Crippen LogP contribution in [-0.4, -0.2) is 18.6 Å². The van der Waals surface area contributed by atoms with Gasteiger partial charge in [-0.3, -0.25) is 4.79 Å². The van der Waals surface area contributed by atoms with Crippen molar-refractivity contribution >= 4 is 11.6 Å². The molecule has 0 spiro atoms. The molecule has 18 heavy (non-hydrogen) atoms. The molecule has 1 aromatic carbocycles. The molecule has 1 aromatic rings. The van der Waals surface area contributed by atoms with Gasteiger partial charge < -0.3 is 15.8 Å². The molecule has 1 fully saturated rings. The highest BCUT2D eigenvalue weighted by atomic mass is 16.5. The molecule has 0 bridgehead atoms. The van der Waals surface area contributed by atoms with Gasteiger partial charge in [0.2, 0.25) is 5.91 Å². The topological polar surface area (TPSA) is 64.3 Å². The number of carbonyl (C=O) groups is 1. The lowest BCUT2D eigenvalue weighted by atomic mass is 10.3. The van der Waals surface area contributed by atoms with Crippen LogP contribution in [0.2, 0.25) is 0 Å². The zero-order valence-corrected chi connectivity index (χ0v) is 10.7. The first-order chi connectivity index (χ1) is 8.69. The first-order valence-electron chi connectivity index (χ1n) is 6.46. The number of nitrogens with two attached hydrogens (primary N) is 1. The molecule has 1 saturated carbocycles. The van der Waals surface area contributed by atoms with Crippen LogP contribution in [0.25, 0.3) is 0 Å². The van der Waals surface area contributed by atoms with Crippen molar-refractivity contribution in [2.75, 3.05) is 12.3 Å². The Labute approximate surface area is 108 Å². The highest BCUT2D eigenvalue weighted by molar-refractivity contribution is 5.76. The Bertz CT molecular complexity index is 420.